The molecule has 0 aromatic heterocycles. The van der Waals surface area contributed by atoms with Crippen LogP contribution in [0.2, 0.25) is 0 Å². The predicted molar refractivity (Wildman–Crippen MR) is 64.1 cm³/mol. The van der Waals surface area contributed by atoms with Crippen molar-refractivity contribution < 1.29 is 14.2 Å². The first-order chi connectivity index (χ1) is 7.98. The maximum absolute atomic E-state index is 6.03. The van der Waals surface area contributed by atoms with Gasteiger partial charge in [0.15, 0.2) is 6.29 Å². The van der Waals surface area contributed by atoms with Gasteiger partial charge in [-0.15, -0.1) is 0 Å². The molecule has 17 heavy (non-hydrogen) atoms. The minimum absolute atomic E-state index is 0.128. The molecule has 1 aromatic rings. The van der Waals surface area contributed by atoms with Crippen LogP contribution in [0.3, 0.4) is 0 Å². The highest BCUT2D eigenvalue weighted by Crippen LogP contribution is 2.56. The van der Waals surface area contributed by atoms with Gasteiger partial charge in [0.05, 0.1) is 5.41 Å². The first-order valence-electron chi connectivity index (χ1n) is 5.99. The Bertz CT molecular complexity index is 471. The van der Waals surface area contributed by atoms with Crippen LogP contribution in [0.1, 0.15) is 31.4 Å². The van der Waals surface area contributed by atoms with Crippen LogP contribution in [-0.4, -0.2) is 19.2 Å². The van der Waals surface area contributed by atoms with E-state index in [1.165, 1.54) is 11.1 Å². The standard InChI is InChI=1S/C14H18O3/c1-9-5-6-10-11(7-9)16-14(3)13(10,2)8-12(15-4)17-14/h5-7,12H,8H2,1-4H3/t12-,13-,14-/m0/s1. The summed E-state index contributed by atoms with van der Waals surface area (Å²) in [5.41, 5.74) is 2.31. The number of rotatable bonds is 1. The lowest BCUT2D eigenvalue weighted by atomic mass is 9.76. The van der Waals surface area contributed by atoms with Crippen molar-refractivity contribution in [3.8, 4) is 5.75 Å². The second-order valence-corrected chi connectivity index (χ2v) is 5.37. The van der Waals surface area contributed by atoms with Crippen molar-refractivity contribution in [2.75, 3.05) is 7.11 Å². The first-order valence-corrected chi connectivity index (χ1v) is 5.99. The van der Waals surface area contributed by atoms with Crippen LogP contribution in [-0.2, 0) is 14.9 Å². The normalized spacial score (nSPS) is 38.7. The molecule has 92 valence electrons. The molecule has 1 aromatic carbocycles. The van der Waals surface area contributed by atoms with Crippen LogP contribution in [0.15, 0.2) is 18.2 Å². The predicted octanol–water partition coefficient (Wildman–Crippen LogP) is 2.75. The molecule has 0 saturated carbocycles. The molecule has 0 spiro atoms. The Balaban J connectivity index is 2.10. The van der Waals surface area contributed by atoms with Crippen molar-refractivity contribution in [2.45, 2.75) is 44.7 Å². The number of methoxy groups -OCH3 is 1. The van der Waals surface area contributed by atoms with Crippen molar-refractivity contribution in [1.82, 2.24) is 0 Å². The fourth-order valence-electron chi connectivity index (χ4n) is 2.94. The van der Waals surface area contributed by atoms with E-state index in [-0.39, 0.29) is 11.7 Å². The molecule has 2 aliphatic heterocycles. The Morgan fingerprint density at radius 2 is 2.12 bits per heavy atom. The third kappa shape index (κ3) is 1.30. The van der Waals surface area contributed by atoms with E-state index in [1.807, 2.05) is 6.92 Å². The summed E-state index contributed by atoms with van der Waals surface area (Å²) in [5.74, 6) is 0.341. The highest BCUT2D eigenvalue weighted by atomic mass is 16.8. The van der Waals surface area contributed by atoms with Crippen molar-refractivity contribution >= 4 is 0 Å². The third-order valence-electron chi connectivity index (χ3n) is 4.23. The summed E-state index contributed by atoms with van der Waals surface area (Å²) in [6, 6.07) is 6.35. The van der Waals surface area contributed by atoms with Gasteiger partial charge in [0.2, 0.25) is 5.79 Å². The molecule has 3 nitrogen and oxygen atoms in total. The number of hydrogen-bond acceptors (Lipinski definition) is 3. The van der Waals surface area contributed by atoms with Crippen LogP contribution in [0, 0.1) is 6.92 Å². The summed E-state index contributed by atoms with van der Waals surface area (Å²) in [6.45, 7) is 6.26. The van der Waals surface area contributed by atoms with Gasteiger partial charge in [-0.25, -0.2) is 0 Å². The molecular weight excluding hydrogens is 216 g/mol. The molecule has 1 fully saturated rings. The van der Waals surface area contributed by atoms with E-state index in [0.717, 1.165) is 12.2 Å². The zero-order valence-electron chi connectivity index (χ0n) is 10.7. The zero-order valence-corrected chi connectivity index (χ0v) is 10.7. The van der Waals surface area contributed by atoms with Crippen LogP contribution >= 0.6 is 0 Å². The van der Waals surface area contributed by atoms with Gasteiger partial charge in [0.25, 0.3) is 0 Å². The van der Waals surface area contributed by atoms with Gasteiger partial charge in [0.1, 0.15) is 5.75 Å². The highest BCUT2D eigenvalue weighted by molar-refractivity contribution is 5.48. The van der Waals surface area contributed by atoms with Crippen LogP contribution in [0.25, 0.3) is 0 Å². The largest absolute Gasteiger partial charge is 0.461 e. The lowest BCUT2D eigenvalue weighted by molar-refractivity contribution is -0.224. The van der Waals surface area contributed by atoms with Crippen molar-refractivity contribution in [3.05, 3.63) is 29.3 Å². The molecule has 0 aliphatic carbocycles. The van der Waals surface area contributed by atoms with Gasteiger partial charge in [-0.3, -0.25) is 0 Å². The Morgan fingerprint density at radius 1 is 1.35 bits per heavy atom. The topological polar surface area (TPSA) is 27.7 Å². The molecule has 2 heterocycles. The summed E-state index contributed by atoms with van der Waals surface area (Å²) < 4.78 is 17.2. The van der Waals surface area contributed by atoms with Crippen LogP contribution < -0.4 is 4.74 Å². The van der Waals surface area contributed by atoms with Gasteiger partial charge < -0.3 is 14.2 Å². The SMILES string of the molecule is CO[C@@H]1C[C@@]2(C)c3ccc(C)cc3O[C@@]2(C)O1. The van der Waals surface area contributed by atoms with Crippen LogP contribution in [0.5, 0.6) is 5.75 Å². The van der Waals surface area contributed by atoms with Gasteiger partial charge in [-0.2, -0.15) is 0 Å². The van der Waals surface area contributed by atoms with Crippen LogP contribution in [0.4, 0.5) is 0 Å². The van der Waals surface area contributed by atoms with E-state index < -0.39 is 5.79 Å². The molecule has 3 heteroatoms. The van der Waals surface area contributed by atoms with Crippen molar-refractivity contribution in [2.24, 2.45) is 0 Å². The van der Waals surface area contributed by atoms with E-state index in [4.69, 9.17) is 14.2 Å². The average molecular weight is 234 g/mol. The second kappa shape index (κ2) is 3.24. The number of aryl methyl sites for hydroxylation is 1. The Morgan fingerprint density at radius 3 is 2.82 bits per heavy atom. The smallest absolute Gasteiger partial charge is 0.219 e. The van der Waals surface area contributed by atoms with Gasteiger partial charge in [-0.1, -0.05) is 12.1 Å². The first kappa shape index (κ1) is 11.1. The quantitative estimate of drug-likeness (QED) is 0.747. The highest BCUT2D eigenvalue weighted by Gasteiger charge is 2.62. The summed E-state index contributed by atoms with van der Waals surface area (Å²) in [6.07, 6.45) is 0.648. The monoisotopic (exact) mass is 234 g/mol. The lowest BCUT2D eigenvalue weighted by Gasteiger charge is -2.30. The molecule has 3 rings (SSSR count). The molecule has 1 saturated heterocycles. The van der Waals surface area contributed by atoms with E-state index in [2.05, 4.69) is 32.0 Å². The Kier molecular flexibility index (Phi) is 2.11. The number of ether oxygens (including phenoxy) is 3. The third-order valence-corrected chi connectivity index (χ3v) is 4.23. The molecule has 0 radical (unpaired) electrons. The van der Waals surface area contributed by atoms with E-state index in [9.17, 15) is 0 Å². The summed E-state index contributed by atoms with van der Waals surface area (Å²) in [5, 5.41) is 0. The number of benzene rings is 1. The molecule has 2 aliphatic rings. The van der Waals surface area contributed by atoms with Crippen molar-refractivity contribution in [1.29, 1.82) is 0 Å². The maximum Gasteiger partial charge on any atom is 0.219 e. The fraction of sp³-hybridized carbons (Fsp3) is 0.571. The summed E-state index contributed by atoms with van der Waals surface area (Å²) >= 11 is 0. The van der Waals surface area contributed by atoms with E-state index in [1.54, 1.807) is 7.11 Å². The minimum Gasteiger partial charge on any atom is -0.461 e. The fourth-order valence-corrected chi connectivity index (χ4v) is 2.94. The molecule has 0 amide bonds. The summed E-state index contributed by atoms with van der Waals surface area (Å²) in [7, 11) is 1.68. The Hall–Kier alpha value is -1.06. The molecule has 0 unspecified atom stereocenters. The molecular formula is C14H18O3. The maximum atomic E-state index is 6.03. The molecule has 0 N–H and O–H groups in total. The lowest BCUT2D eigenvalue weighted by Crippen LogP contribution is -2.43. The summed E-state index contributed by atoms with van der Waals surface area (Å²) in [4.78, 5) is 0. The van der Waals surface area contributed by atoms with Gasteiger partial charge >= 0.3 is 0 Å². The number of hydrogen-bond donors (Lipinski definition) is 0. The average Bonchev–Trinajstić information content (AvgIpc) is 2.61. The molecule has 0 bridgehead atoms. The van der Waals surface area contributed by atoms with Gasteiger partial charge in [0, 0.05) is 26.0 Å². The number of fused-ring (bicyclic) bond motifs is 3. The zero-order chi connectivity index (χ0) is 12.3. The Labute approximate surface area is 102 Å². The molecule has 3 atom stereocenters. The van der Waals surface area contributed by atoms with E-state index >= 15 is 0 Å². The second-order valence-electron chi connectivity index (χ2n) is 5.37. The van der Waals surface area contributed by atoms with Crippen molar-refractivity contribution in [3.63, 3.8) is 0 Å². The van der Waals surface area contributed by atoms with Gasteiger partial charge in [-0.05, 0) is 25.5 Å². The minimum atomic E-state index is -0.607. The van der Waals surface area contributed by atoms with E-state index in [0.29, 0.717) is 0 Å².